The highest BCUT2D eigenvalue weighted by atomic mass is 35.5. The number of benzene rings is 1. The van der Waals surface area contributed by atoms with Gasteiger partial charge in [-0.2, -0.15) is 0 Å². The molecular formula is C13H10ClN3O. The van der Waals surface area contributed by atoms with Crippen molar-refractivity contribution in [2.24, 2.45) is 7.05 Å². The van der Waals surface area contributed by atoms with Crippen LogP contribution in [0.25, 0.3) is 22.2 Å². The number of hydrogen-bond donors (Lipinski definition) is 1. The molecule has 18 heavy (non-hydrogen) atoms. The number of rotatable bonds is 1. The molecule has 2 aromatic heterocycles. The van der Waals surface area contributed by atoms with E-state index in [4.69, 9.17) is 11.6 Å². The van der Waals surface area contributed by atoms with E-state index in [0.717, 1.165) is 22.2 Å². The van der Waals surface area contributed by atoms with Crippen LogP contribution in [0.3, 0.4) is 0 Å². The summed E-state index contributed by atoms with van der Waals surface area (Å²) in [7, 11) is 1.97. The van der Waals surface area contributed by atoms with Crippen molar-refractivity contribution in [3.63, 3.8) is 0 Å². The van der Waals surface area contributed by atoms with Crippen LogP contribution in [-0.4, -0.2) is 14.5 Å². The lowest BCUT2D eigenvalue weighted by Gasteiger charge is -2.03. The summed E-state index contributed by atoms with van der Waals surface area (Å²) >= 11 is 5.98. The summed E-state index contributed by atoms with van der Waals surface area (Å²) in [6.07, 6.45) is 3.22. The molecule has 3 rings (SSSR count). The molecule has 0 saturated carbocycles. The van der Waals surface area contributed by atoms with Crippen LogP contribution >= 0.6 is 11.6 Å². The van der Waals surface area contributed by atoms with Gasteiger partial charge in [-0.3, -0.25) is 0 Å². The summed E-state index contributed by atoms with van der Waals surface area (Å²) in [5, 5.41) is 1.77. The van der Waals surface area contributed by atoms with E-state index in [1.807, 2.05) is 35.9 Å². The van der Waals surface area contributed by atoms with Crippen molar-refractivity contribution in [2.45, 2.75) is 0 Å². The molecule has 1 N–H and O–H groups in total. The summed E-state index contributed by atoms with van der Waals surface area (Å²) < 4.78 is 2.04. The van der Waals surface area contributed by atoms with E-state index >= 15 is 0 Å². The number of aromatic nitrogens is 3. The van der Waals surface area contributed by atoms with Crippen molar-refractivity contribution < 1.29 is 0 Å². The largest absolute Gasteiger partial charge is 0.344 e. The third-order valence-corrected chi connectivity index (χ3v) is 3.21. The van der Waals surface area contributed by atoms with E-state index in [9.17, 15) is 4.79 Å². The first-order chi connectivity index (χ1) is 8.65. The number of aryl methyl sites for hydroxylation is 1. The third kappa shape index (κ3) is 1.71. The van der Waals surface area contributed by atoms with Gasteiger partial charge in [0.2, 0.25) is 0 Å². The molecule has 0 aliphatic carbocycles. The third-order valence-electron chi connectivity index (χ3n) is 2.97. The van der Waals surface area contributed by atoms with E-state index in [1.54, 1.807) is 12.4 Å². The molecular weight excluding hydrogens is 250 g/mol. The van der Waals surface area contributed by atoms with Gasteiger partial charge in [0.05, 0.1) is 5.69 Å². The summed E-state index contributed by atoms with van der Waals surface area (Å²) in [6, 6.07) is 7.77. The smallest absolute Gasteiger partial charge is 0.344 e. The summed E-state index contributed by atoms with van der Waals surface area (Å²) in [5.74, 6) is 0. The second-order valence-electron chi connectivity index (χ2n) is 4.10. The van der Waals surface area contributed by atoms with Crippen molar-refractivity contribution in [3.05, 3.63) is 52.2 Å². The van der Waals surface area contributed by atoms with E-state index in [1.165, 1.54) is 0 Å². The van der Waals surface area contributed by atoms with Crippen LogP contribution in [0.15, 0.2) is 41.5 Å². The Bertz CT molecular complexity index is 768. The van der Waals surface area contributed by atoms with E-state index in [0.29, 0.717) is 5.02 Å². The zero-order chi connectivity index (χ0) is 12.7. The molecule has 0 fully saturated rings. The fraction of sp³-hybridized carbons (Fsp3) is 0.0769. The standard InChI is InChI=1S/C13H10ClN3O/c1-17-11-3-2-10(14)4-8(11)5-12(17)9-6-15-13(18)16-7-9/h2-7H,1H3,(H,15,16,18). The molecule has 3 aromatic rings. The fourth-order valence-electron chi connectivity index (χ4n) is 2.08. The van der Waals surface area contributed by atoms with Gasteiger partial charge in [-0.15, -0.1) is 0 Å². The Morgan fingerprint density at radius 2 is 2.17 bits per heavy atom. The molecule has 0 unspecified atom stereocenters. The van der Waals surface area contributed by atoms with Gasteiger partial charge in [0.1, 0.15) is 0 Å². The first kappa shape index (κ1) is 11.0. The lowest BCUT2D eigenvalue weighted by atomic mass is 10.2. The van der Waals surface area contributed by atoms with Gasteiger partial charge >= 0.3 is 5.69 Å². The molecule has 2 heterocycles. The Labute approximate surface area is 108 Å². The summed E-state index contributed by atoms with van der Waals surface area (Å²) in [5.41, 5.74) is 2.58. The van der Waals surface area contributed by atoms with Gasteiger partial charge in [0, 0.05) is 40.9 Å². The minimum atomic E-state index is -0.347. The van der Waals surface area contributed by atoms with Gasteiger partial charge < -0.3 is 9.55 Å². The monoisotopic (exact) mass is 259 g/mol. The average molecular weight is 260 g/mol. The molecule has 90 valence electrons. The summed E-state index contributed by atoms with van der Waals surface area (Å²) in [4.78, 5) is 17.3. The van der Waals surface area contributed by atoms with Crippen LogP contribution in [0.2, 0.25) is 5.02 Å². The lowest BCUT2D eigenvalue weighted by Crippen LogP contribution is -2.08. The average Bonchev–Trinajstić information content (AvgIpc) is 2.67. The van der Waals surface area contributed by atoms with Crippen molar-refractivity contribution >= 4 is 22.5 Å². The predicted molar refractivity (Wildman–Crippen MR) is 71.8 cm³/mol. The van der Waals surface area contributed by atoms with Gasteiger partial charge in [0.15, 0.2) is 0 Å². The molecule has 0 aliphatic heterocycles. The fourth-order valence-corrected chi connectivity index (χ4v) is 2.26. The molecule has 0 aliphatic rings. The molecule has 0 atom stereocenters. The van der Waals surface area contributed by atoms with Crippen molar-refractivity contribution in [1.29, 1.82) is 0 Å². The number of halogens is 1. The Balaban J connectivity index is 2.26. The number of nitrogens with one attached hydrogen (secondary N) is 1. The van der Waals surface area contributed by atoms with E-state index in [2.05, 4.69) is 9.97 Å². The molecule has 0 saturated heterocycles. The lowest BCUT2D eigenvalue weighted by molar-refractivity contribution is 0.969. The number of H-pyrrole nitrogens is 1. The molecule has 0 spiro atoms. The van der Waals surface area contributed by atoms with Crippen molar-refractivity contribution in [1.82, 2.24) is 14.5 Å². The number of nitrogens with zero attached hydrogens (tertiary/aromatic N) is 2. The highest BCUT2D eigenvalue weighted by Gasteiger charge is 2.08. The normalized spacial score (nSPS) is 11.0. The van der Waals surface area contributed by atoms with Crippen LogP contribution in [0, 0.1) is 0 Å². The predicted octanol–water partition coefficient (Wildman–Crippen LogP) is 2.58. The minimum Gasteiger partial charge on any atom is -0.344 e. The second kappa shape index (κ2) is 3.99. The maximum atomic E-state index is 11.0. The van der Waals surface area contributed by atoms with Crippen LogP contribution in [0.5, 0.6) is 0 Å². The van der Waals surface area contributed by atoms with Crippen LogP contribution in [0.4, 0.5) is 0 Å². The van der Waals surface area contributed by atoms with E-state index < -0.39 is 0 Å². The van der Waals surface area contributed by atoms with E-state index in [-0.39, 0.29) is 5.69 Å². The number of aromatic amines is 1. The maximum absolute atomic E-state index is 11.0. The van der Waals surface area contributed by atoms with Crippen LogP contribution < -0.4 is 5.69 Å². The zero-order valence-electron chi connectivity index (χ0n) is 9.64. The first-order valence-corrected chi connectivity index (χ1v) is 5.83. The molecule has 0 amide bonds. The molecule has 4 nitrogen and oxygen atoms in total. The molecule has 1 aromatic carbocycles. The number of fused-ring (bicyclic) bond motifs is 1. The topological polar surface area (TPSA) is 50.7 Å². The SMILES string of the molecule is Cn1c(-c2cnc(=O)[nH]c2)cc2cc(Cl)ccc21. The van der Waals surface area contributed by atoms with Crippen LogP contribution in [-0.2, 0) is 7.05 Å². The Kier molecular flexibility index (Phi) is 2.45. The molecule has 0 radical (unpaired) electrons. The van der Waals surface area contributed by atoms with Crippen molar-refractivity contribution in [2.75, 3.05) is 0 Å². The van der Waals surface area contributed by atoms with Gasteiger partial charge in [-0.1, -0.05) is 11.6 Å². The van der Waals surface area contributed by atoms with Crippen LogP contribution in [0.1, 0.15) is 0 Å². The summed E-state index contributed by atoms with van der Waals surface area (Å²) in [6.45, 7) is 0. The Morgan fingerprint density at radius 3 is 2.89 bits per heavy atom. The number of hydrogen-bond acceptors (Lipinski definition) is 2. The maximum Gasteiger partial charge on any atom is 0.344 e. The minimum absolute atomic E-state index is 0.347. The highest BCUT2D eigenvalue weighted by Crippen LogP contribution is 2.27. The Morgan fingerprint density at radius 1 is 1.33 bits per heavy atom. The van der Waals surface area contributed by atoms with Gasteiger partial charge in [0.25, 0.3) is 0 Å². The Hall–Kier alpha value is -2.07. The second-order valence-corrected chi connectivity index (χ2v) is 4.54. The van der Waals surface area contributed by atoms with Gasteiger partial charge in [-0.25, -0.2) is 9.78 Å². The molecule has 0 bridgehead atoms. The zero-order valence-corrected chi connectivity index (χ0v) is 10.4. The highest BCUT2D eigenvalue weighted by molar-refractivity contribution is 6.31. The quantitative estimate of drug-likeness (QED) is 0.730. The van der Waals surface area contributed by atoms with Gasteiger partial charge in [-0.05, 0) is 24.3 Å². The molecule has 5 heteroatoms. The first-order valence-electron chi connectivity index (χ1n) is 5.45. The van der Waals surface area contributed by atoms with Crippen molar-refractivity contribution in [3.8, 4) is 11.3 Å².